The molecule has 0 fully saturated rings. The molecule has 3 nitrogen and oxygen atoms in total. The van der Waals surface area contributed by atoms with Gasteiger partial charge >= 0.3 is 0 Å². The Morgan fingerprint density at radius 3 is 2.92 bits per heavy atom. The molecule has 0 aromatic carbocycles. The summed E-state index contributed by atoms with van der Waals surface area (Å²) in [7, 11) is 0. The standard InChI is InChI=1S/C8H12N2OS/c1-7(11)10(4-3-9)8-2-5-12-6-8/h2,5-6H,3-4,9H2,1H3. The Hall–Kier alpha value is -0.870. The predicted molar refractivity (Wildman–Crippen MR) is 51.4 cm³/mol. The topological polar surface area (TPSA) is 46.3 Å². The number of thiophene rings is 1. The molecule has 0 atom stereocenters. The first-order chi connectivity index (χ1) is 5.75. The Labute approximate surface area is 75.8 Å². The molecular formula is C8H12N2OS. The summed E-state index contributed by atoms with van der Waals surface area (Å²) in [4.78, 5) is 12.8. The van der Waals surface area contributed by atoms with Crippen LogP contribution in [0.4, 0.5) is 5.69 Å². The summed E-state index contributed by atoms with van der Waals surface area (Å²) in [6.07, 6.45) is 0. The number of hydrogen-bond acceptors (Lipinski definition) is 3. The Balaban J connectivity index is 2.73. The van der Waals surface area contributed by atoms with E-state index in [2.05, 4.69) is 0 Å². The van der Waals surface area contributed by atoms with Crippen LogP contribution >= 0.6 is 11.3 Å². The highest BCUT2D eigenvalue weighted by Crippen LogP contribution is 2.17. The molecule has 2 N–H and O–H groups in total. The average Bonchev–Trinajstić information content (AvgIpc) is 2.51. The Morgan fingerprint density at radius 1 is 1.75 bits per heavy atom. The van der Waals surface area contributed by atoms with Gasteiger partial charge in [0, 0.05) is 25.4 Å². The van der Waals surface area contributed by atoms with Crippen molar-refractivity contribution in [1.82, 2.24) is 0 Å². The van der Waals surface area contributed by atoms with Gasteiger partial charge in [-0.2, -0.15) is 11.3 Å². The summed E-state index contributed by atoms with van der Waals surface area (Å²) < 4.78 is 0. The van der Waals surface area contributed by atoms with Gasteiger partial charge in [-0.05, 0) is 11.4 Å². The summed E-state index contributed by atoms with van der Waals surface area (Å²) in [5.74, 6) is 0.0406. The fourth-order valence-electron chi connectivity index (χ4n) is 1.01. The molecule has 66 valence electrons. The van der Waals surface area contributed by atoms with Crippen LogP contribution in [0.2, 0.25) is 0 Å². The first-order valence-electron chi connectivity index (χ1n) is 3.76. The van der Waals surface area contributed by atoms with Gasteiger partial charge in [-0.3, -0.25) is 4.79 Å². The predicted octanol–water partition coefficient (Wildman–Crippen LogP) is 1.06. The highest BCUT2D eigenvalue weighted by molar-refractivity contribution is 7.08. The molecule has 0 radical (unpaired) electrons. The zero-order valence-electron chi connectivity index (χ0n) is 6.99. The number of carbonyl (C=O) groups is 1. The lowest BCUT2D eigenvalue weighted by atomic mass is 10.4. The molecule has 0 aliphatic carbocycles. The van der Waals surface area contributed by atoms with E-state index in [4.69, 9.17) is 5.73 Å². The molecule has 12 heavy (non-hydrogen) atoms. The first kappa shape index (κ1) is 9.22. The van der Waals surface area contributed by atoms with E-state index < -0.39 is 0 Å². The summed E-state index contributed by atoms with van der Waals surface area (Å²) in [6, 6.07) is 1.92. The van der Waals surface area contributed by atoms with Gasteiger partial charge in [0.25, 0.3) is 0 Å². The molecule has 1 aromatic rings. The van der Waals surface area contributed by atoms with Gasteiger partial charge in [0.1, 0.15) is 0 Å². The molecular weight excluding hydrogens is 172 g/mol. The normalized spacial score (nSPS) is 9.83. The van der Waals surface area contributed by atoms with Crippen molar-refractivity contribution in [3.8, 4) is 0 Å². The van der Waals surface area contributed by atoms with Crippen LogP contribution in [0.15, 0.2) is 16.8 Å². The van der Waals surface area contributed by atoms with Gasteiger partial charge in [-0.15, -0.1) is 0 Å². The molecule has 1 rings (SSSR count). The van der Waals surface area contributed by atoms with E-state index in [1.54, 1.807) is 23.2 Å². The van der Waals surface area contributed by atoms with Crippen LogP contribution in [-0.2, 0) is 4.79 Å². The van der Waals surface area contributed by atoms with Crippen LogP contribution in [0.5, 0.6) is 0 Å². The van der Waals surface area contributed by atoms with E-state index in [1.807, 2.05) is 16.8 Å². The van der Waals surface area contributed by atoms with Crippen LogP contribution < -0.4 is 10.6 Å². The number of amides is 1. The highest BCUT2D eigenvalue weighted by Gasteiger charge is 2.09. The average molecular weight is 184 g/mol. The van der Waals surface area contributed by atoms with E-state index in [9.17, 15) is 4.79 Å². The van der Waals surface area contributed by atoms with Crippen LogP contribution in [0.1, 0.15) is 6.92 Å². The minimum atomic E-state index is 0.0406. The van der Waals surface area contributed by atoms with Crippen LogP contribution in [-0.4, -0.2) is 19.0 Å². The van der Waals surface area contributed by atoms with Gasteiger partial charge in [-0.25, -0.2) is 0 Å². The molecule has 0 bridgehead atoms. The van der Waals surface area contributed by atoms with E-state index in [0.717, 1.165) is 5.69 Å². The van der Waals surface area contributed by atoms with Crippen molar-refractivity contribution in [3.63, 3.8) is 0 Å². The molecule has 4 heteroatoms. The van der Waals surface area contributed by atoms with Crippen molar-refractivity contribution in [2.75, 3.05) is 18.0 Å². The molecule has 1 aromatic heterocycles. The van der Waals surface area contributed by atoms with Crippen molar-refractivity contribution < 1.29 is 4.79 Å². The Bertz CT molecular complexity index is 246. The van der Waals surface area contributed by atoms with Gasteiger partial charge in [0.2, 0.25) is 5.91 Å². The number of carbonyl (C=O) groups excluding carboxylic acids is 1. The van der Waals surface area contributed by atoms with Crippen molar-refractivity contribution in [2.24, 2.45) is 5.73 Å². The van der Waals surface area contributed by atoms with Crippen molar-refractivity contribution in [1.29, 1.82) is 0 Å². The molecule has 0 aliphatic heterocycles. The largest absolute Gasteiger partial charge is 0.329 e. The molecule has 0 spiro atoms. The second-order valence-corrected chi connectivity index (χ2v) is 3.22. The summed E-state index contributed by atoms with van der Waals surface area (Å²) in [6.45, 7) is 2.63. The van der Waals surface area contributed by atoms with Crippen molar-refractivity contribution >= 4 is 22.9 Å². The van der Waals surface area contributed by atoms with Crippen LogP contribution in [0.25, 0.3) is 0 Å². The molecule has 1 heterocycles. The molecule has 0 unspecified atom stereocenters. The zero-order chi connectivity index (χ0) is 8.97. The second kappa shape index (κ2) is 4.23. The fraction of sp³-hybridized carbons (Fsp3) is 0.375. The lowest BCUT2D eigenvalue weighted by Gasteiger charge is -2.17. The minimum Gasteiger partial charge on any atom is -0.329 e. The summed E-state index contributed by atoms with van der Waals surface area (Å²) in [5, 5.41) is 3.89. The molecule has 0 saturated heterocycles. The molecule has 0 saturated carbocycles. The SMILES string of the molecule is CC(=O)N(CCN)c1ccsc1. The smallest absolute Gasteiger partial charge is 0.223 e. The maximum absolute atomic E-state index is 11.1. The van der Waals surface area contributed by atoms with Crippen LogP contribution in [0.3, 0.4) is 0 Å². The monoisotopic (exact) mass is 184 g/mol. The quantitative estimate of drug-likeness (QED) is 0.763. The molecule has 0 aliphatic rings. The number of anilines is 1. The zero-order valence-corrected chi connectivity index (χ0v) is 7.80. The number of nitrogens with zero attached hydrogens (tertiary/aromatic N) is 1. The van der Waals surface area contributed by atoms with Gasteiger partial charge in [0.05, 0.1) is 5.69 Å². The van der Waals surface area contributed by atoms with Crippen molar-refractivity contribution in [3.05, 3.63) is 16.8 Å². The summed E-state index contributed by atoms with van der Waals surface area (Å²) in [5.41, 5.74) is 6.33. The van der Waals surface area contributed by atoms with Gasteiger partial charge in [-0.1, -0.05) is 0 Å². The third-order valence-corrected chi connectivity index (χ3v) is 2.22. The third-order valence-electron chi connectivity index (χ3n) is 1.55. The van der Waals surface area contributed by atoms with E-state index in [0.29, 0.717) is 13.1 Å². The highest BCUT2D eigenvalue weighted by atomic mass is 32.1. The Morgan fingerprint density at radius 2 is 2.50 bits per heavy atom. The number of rotatable bonds is 3. The van der Waals surface area contributed by atoms with Crippen molar-refractivity contribution in [2.45, 2.75) is 6.92 Å². The Kier molecular flexibility index (Phi) is 3.25. The van der Waals surface area contributed by atoms with Gasteiger partial charge in [0.15, 0.2) is 0 Å². The lowest BCUT2D eigenvalue weighted by Crippen LogP contribution is -2.33. The fourth-order valence-corrected chi connectivity index (χ4v) is 1.65. The van der Waals surface area contributed by atoms with E-state index in [-0.39, 0.29) is 5.91 Å². The number of hydrogen-bond donors (Lipinski definition) is 1. The molecule has 1 amide bonds. The minimum absolute atomic E-state index is 0.0406. The van der Waals surface area contributed by atoms with E-state index in [1.165, 1.54) is 0 Å². The van der Waals surface area contributed by atoms with E-state index >= 15 is 0 Å². The summed E-state index contributed by atoms with van der Waals surface area (Å²) >= 11 is 1.58. The third kappa shape index (κ3) is 2.06. The first-order valence-corrected chi connectivity index (χ1v) is 4.70. The maximum Gasteiger partial charge on any atom is 0.223 e. The van der Waals surface area contributed by atoms with Gasteiger partial charge < -0.3 is 10.6 Å². The maximum atomic E-state index is 11.1. The second-order valence-electron chi connectivity index (χ2n) is 2.44. The number of nitrogens with two attached hydrogens (primary N) is 1. The lowest BCUT2D eigenvalue weighted by molar-refractivity contribution is -0.116. The van der Waals surface area contributed by atoms with Crippen LogP contribution in [0, 0.1) is 0 Å².